The van der Waals surface area contributed by atoms with Crippen LogP contribution in [0.5, 0.6) is 5.75 Å². The zero-order valence-electron chi connectivity index (χ0n) is 12.5. The molecule has 1 aliphatic rings. The third kappa shape index (κ3) is 2.98. The number of allylic oxidation sites excluding steroid dienone is 2. The highest BCUT2D eigenvalue weighted by atomic mass is 35.5. The summed E-state index contributed by atoms with van der Waals surface area (Å²) >= 11 is 0. The summed E-state index contributed by atoms with van der Waals surface area (Å²) in [7, 11) is 1.75. The smallest absolute Gasteiger partial charge is 0.122 e. The van der Waals surface area contributed by atoms with E-state index in [-0.39, 0.29) is 12.4 Å². The van der Waals surface area contributed by atoms with Crippen molar-refractivity contribution in [3.63, 3.8) is 0 Å². The van der Waals surface area contributed by atoms with E-state index in [0.29, 0.717) is 0 Å². The number of fused-ring (bicyclic) bond motifs is 1. The molecule has 1 aliphatic carbocycles. The first kappa shape index (κ1) is 15.6. The fourth-order valence-electron chi connectivity index (χ4n) is 3.16. The number of H-pyrrole nitrogens is 1. The molecule has 1 heterocycles. The molecule has 0 saturated heterocycles. The van der Waals surface area contributed by atoms with Gasteiger partial charge in [0.05, 0.1) is 19.1 Å². The topological polar surface area (TPSA) is 37.9 Å². The first-order valence-electron chi connectivity index (χ1n) is 7.18. The number of aromatic amines is 1. The van der Waals surface area contributed by atoms with Gasteiger partial charge in [-0.05, 0) is 36.5 Å². The first-order chi connectivity index (χ1) is 9.83. The van der Waals surface area contributed by atoms with E-state index in [1.54, 1.807) is 13.4 Å². The second-order valence-corrected chi connectivity index (χ2v) is 5.16. The van der Waals surface area contributed by atoms with Crippen molar-refractivity contribution in [3.8, 4) is 5.75 Å². The van der Waals surface area contributed by atoms with Crippen LogP contribution in [0.25, 0.3) is 5.57 Å². The summed E-state index contributed by atoms with van der Waals surface area (Å²) in [4.78, 5) is 7.39. The Morgan fingerprint density at radius 2 is 2.14 bits per heavy atom. The lowest BCUT2D eigenvalue weighted by Crippen LogP contribution is -2.08. The van der Waals surface area contributed by atoms with Gasteiger partial charge in [0.2, 0.25) is 0 Å². The van der Waals surface area contributed by atoms with Crippen molar-refractivity contribution >= 4 is 18.0 Å². The number of aromatic nitrogens is 2. The molecule has 1 aromatic carbocycles. The summed E-state index contributed by atoms with van der Waals surface area (Å²) < 4.78 is 5.51. The van der Waals surface area contributed by atoms with E-state index in [2.05, 4.69) is 35.1 Å². The van der Waals surface area contributed by atoms with E-state index in [1.807, 2.05) is 6.20 Å². The molecule has 0 saturated carbocycles. The number of hydrogen-bond acceptors (Lipinski definition) is 2. The van der Waals surface area contributed by atoms with Crippen molar-refractivity contribution in [1.29, 1.82) is 0 Å². The van der Waals surface area contributed by atoms with Gasteiger partial charge in [-0.3, -0.25) is 0 Å². The number of halogens is 1. The normalized spacial score (nSPS) is 13.6. The number of imidazole rings is 1. The van der Waals surface area contributed by atoms with E-state index in [1.165, 1.54) is 22.3 Å². The molecule has 0 unspecified atom stereocenters. The summed E-state index contributed by atoms with van der Waals surface area (Å²) in [5.41, 5.74) is 6.83. The number of methoxy groups -OCH3 is 1. The number of hydrogen-bond donors (Lipinski definition) is 1. The summed E-state index contributed by atoms with van der Waals surface area (Å²) in [6.07, 6.45) is 7.90. The molecule has 3 nitrogen and oxygen atoms in total. The van der Waals surface area contributed by atoms with Crippen LogP contribution in [0.4, 0.5) is 0 Å². The Bertz CT molecular complexity index is 632. The van der Waals surface area contributed by atoms with Crippen LogP contribution in [0.2, 0.25) is 0 Å². The Balaban J connectivity index is 0.00000161. The molecule has 1 N–H and O–H groups in total. The Labute approximate surface area is 131 Å². The molecule has 112 valence electrons. The van der Waals surface area contributed by atoms with Crippen LogP contribution in [0.15, 0.2) is 36.3 Å². The number of nitrogens with zero attached hydrogens (tertiary/aromatic N) is 1. The van der Waals surface area contributed by atoms with Gasteiger partial charge in [-0.15, -0.1) is 12.4 Å². The SMILES string of the molecule is CCC1=C(Cc2c[nH]cn2)CCc2c(OC)cccc21.Cl. The largest absolute Gasteiger partial charge is 0.496 e. The second kappa shape index (κ2) is 6.81. The molecule has 0 bridgehead atoms. The first-order valence-corrected chi connectivity index (χ1v) is 7.18. The highest BCUT2D eigenvalue weighted by molar-refractivity contribution is 5.85. The van der Waals surface area contributed by atoms with Crippen molar-refractivity contribution in [2.75, 3.05) is 7.11 Å². The molecule has 0 spiro atoms. The van der Waals surface area contributed by atoms with Crippen LogP contribution >= 0.6 is 12.4 Å². The quantitative estimate of drug-likeness (QED) is 0.919. The van der Waals surface area contributed by atoms with Crippen LogP contribution in [0.1, 0.15) is 36.6 Å². The zero-order chi connectivity index (χ0) is 13.9. The van der Waals surface area contributed by atoms with Crippen molar-refractivity contribution < 1.29 is 4.74 Å². The van der Waals surface area contributed by atoms with Crippen molar-refractivity contribution in [3.05, 3.63) is 53.1 Å². The third-order valence-electron chi connectivity index (χ3n) is 4.08. The zero-order valence-corrected chi connectivity index (χ0v) is 13.3. The minimum absolute atomic E-state index is 0. The van der Waals surface area contributed by atoms with Gasteiger partial charge < -0.3 is 9.72 Å². The molecule has 3 rings (SSSR count). The number of ether oxygens (including phenoxy) is 1. The van der Waals surface area contributed by atoms with Gasteiger partial charge >= 0.3 is 0 Å². The lowest BCUT2D eigenvalue weighted by Gasteiger charge is -2.24. The second-order valence-electron chi connectivity index (χ2n) is 5.16. The molecule has 0 atom stereocenters. The molecular formula is C17H21ClN2O. The van der Waals surface area contributed by atoms with E-state index in [0.717, 1.165) is 37.1 Å². The standard InChI is InChI=1S/C17H20N2O.ClH/c1-3-14-12(9-13-10-18-11-19-13)7-8-16-15(14)5-4-6-17(16)20-2;/h4-6,10-11H,3,7-9H2,1-2H3,(H,18,19);1H. The van der Waals surface area contributed by atoms with Crippen LogP contribution in [-0.4, -0.2) is 17.1 Å². The Hall–Kier alpha value is -1.74. The van der Waals surface area contributed by atoms with E-state index < -0.39 is 0 Å². The predicted octanol–water partition coefficient (Wildman–Crippen LogP) is 4.19. The number of benzene rings is 1. The van der Waals surface area contributed by atoms with E-state index in [4.69, 9.17) is 4.74 Å². The van der Waals surface area contributed by atoms with Gasteiger partial charge in [0.15, 0.2) is 0 Å². The maximum atomic E-state index is 5.51. The highest BCUT2D eigenvalue weighted by Gasteiger charge is 2.20. The minimum Gasteiger partial charge on any atom is -0.496 e. The number of nitrogens with one attached hydrogen (secondary N) is 1. The Morgan fingerprint density at radius 3 is 2.81 bits per heavy atom. The van der Waals surface area contributed by atoms with Gasteiger partial charge in [-0.1, -0.05) is 24.6 Å². The average molecular weight is 305 g/mol. The molecule has 0 radical (unpaired) electrons. The fraction of sp³-hybridized carbons (Fsp3) is 0.353. The van der Waals surface area contributed by atoms with Crippen molar-refractivity contribution in [1.82, 2.24) is 9.97 Å². The molecule has 0 fully saturated rings. The average Bonchev–Trinajstić information content (AvgIpc) is 2.99. The molecular weight excluding hydrogens is 284 g/mol. The molecule has 2 aromatic rings. The summed E-state index contributed by atoms with van der Waals surface area (Å²) in [5.74, 6) is 1.02. The molecule has 4 heteroatoms. The summed E-state index contributed by atoms with van der Waals surface area (Å²) in [6, 6.07) is 6.37. The van der Waals surface area contributed by atoms with E-state index >= 15 is 0 Å². The lowest BCUT2D eigenvalue weighted by atomic mass is 9.82. The van der Waals surface area contributed by atoms with Crippen molar-refractivity contribution in [2.45, 2.75) is 32.6 Å². The van der Waals surface area contributed by atoms with Gasteiger partial charge in [0, 0.05) is 18.2 Å². The maximum Gasteiger partial charge on any atom is 0.122 e. The third-order valence-corrected chi connectivity index (χ3v) is 4.08. The van der Waals surface area contributed by atoms with Gasteiger partial charge in [-0.2, -0.15) is 0 Å². The summed E-state index contributed by atoms with van der Waals surface area (Å²) in [6.45, 7) is 2.23. The van der Waals surface area contributed by atoms with Gasteiger partial charge in [0.1, 0.15) is 5.75 Å². The molecule has 0 amide bonds. The molecule has 1 aromatic heterocycles. The van der Waals surface area contributed by atoms with E-state index in [9.17, 15) is 0 Å². The highest BCUT2D eigenvalue weighted by Crippen LogP contribution is 2.38. The number of rotatable bonds is 4. The van der Waals surface area contributed by atoms with Crippen molar-refractivity contribution in [2.24, 2.45) is 0 Å². The van der Waals surface area contributed by atoms with Crippen LogP contribution in [0, 0.1) is 0 Å². The fourth-order valence-corrected chi connectivity index (χ4v) is 3.16. The Kier molecular flexibility index (Phi) is 5.07. The minimum atomic E-state index is 0. The van der Waals surface area contributed by atoms with Gasteiger partial charge in [0.25, 0.3) is 0 Å². The molecule has 21 heavy (non-hydrogen) atoms. The van der Waals surface area contributed by atoms with Crippen LogP contribution < -0.4 is 4.74 Å². The van der Waals surface area contributed by atoms with Gasteiger partial charge in [-0.25, -0.2) is 4.98 Å². The maximum absolute atomic E-state index is 5.51. The monoisotopic (exact) mass is 304 g/mol. The molecule has 0 aliphatic heterocycles. The van der Waals surface area contributed by atoms with Crippen LogP contribution in [0.3, 0.4) is 0 Å². The predicted molar refractivity (Wildman–Crippen MR) is 88.1 cm³/mol. The Morgan fingerprint density at radius 1 is 1.29 bits per heavy atom. The summed E-state index contributed by atoms with van der Waals surface area (Å²) in [5, 5.41) is 0. The van der Waals surface area contributed by atoms with Crippen LogP contribution in [-0.2, 0) is 12.8 Å². The lowest BCUT2D eigenvalue weighted by molar-refractivity contribution is 0.409.